The molecule has 1 unspecified atom stereocenters. The van der Waals surface area contributed by atoms with Gasteiger partial charge in [0.1, 0.15) is 11.4 Å². The second-order valence-electron chi connectivity index (χ2n) is 5.60. The van der Waals surface area contributed by atoms with Crippen molar-refractivity contribution in [2.75, 3.05) is 11.9 Å². The Labute approximate surface area is 147 Å². The Morgan fingerprint density at radius 2 is 1.92 bits per heavy atom. The van der Waals surface area contributed by atoms with Gasteiger partial charge in [-0.1, -0.05) is 19.1 Å². The molecule has 0 fully saturated rings. The van der Waals surface area contributed by atoms with Crippen LogP contribution in [0.4, 0.5) is 5.69 Å². The fraction of sp³-hybridized carbons (Fsp3) is 0.316. The molecule has 6 nitrogen and oxygen atoms in total. The minimum absolute atomic E-state index is 0.0658. The van der Waals surface area contributed by atoms with Crippen LogP contribution in [0, 0.1) is 0 Å². The van der Waals surface area contributed by atoms with Crippen LogP contribution < -0.4 is 15.4 Å². The molecular formula is C19H23N3O3. The number of hydrogen-bond donors (Lipinski definition) is 2. The number of benzene rings is 1. The van der Waals surface area contributed by atoms with Crippen LogP contribution in [0.1, 0.15) is 48.0 Å². The lowest BCUT2D eigenvalue weighted by molar-refractivity contribution is 0.0939. The summed E-state index contributed by atoms with van der Waals surface area (Å²) < 4.78 is 5.49. The van der Waals surface area contributed by atoms with Gasteiger partial charge in [-0.25, -0.2) is 0 Å². The highest BCUT2D eigenvalue weighted by molar-refractivity contribution is 6.05. The van der Waals surface area contributed by atoms with Crippen molar-refractivity contribution < 1.29 is 14.3 Å². The zero-order chi connectivity index (χ0) is 18.2. The maximum atomic E-state index is 12.5. The summed E-state index contributed by atoms with van der Waals surface area (Å²) in [5, 5.41) is 5.64. The number of nitrogens with one attached hydrogen (secondary N) is 2. The van der Waals surface area contributed by atoms with Gasteiger partial charge in [-0.05, 0) is 44.5 Å². The summed E-state index contributed by atoms with van der Waals surface area (Å²) in [6.07, 6.45) is 2.28. The zero-order valence-electron chi connectivity index (χ0n) is 14.7. The van der Waals surface area contributed by atoms with Crippen molar-refractivity contribution in [3.63, 3.8) is 0 Å². The van der Waals surface area contributed by atoms with Gasteiger partial charge in [0.15, 0.2) is 0 Å². The highest BCUT2D eigenvalue weighted by Crippen LogP contribution is 2.24. The van der Waals surface area contributed by atoms with E-state index in [1.54, 1.807) is 18.2 Å². The van der Waals surface area contributed by atoms with Crippen LogP contribution in [0.3, 0.4) is 0 Å². The lowest BCUT2D eigenvalue weighted by Crippen LogP contribution is -2.32. The standard InChI is InChI=1S/C19H23N3O3/c1-4-13(3)21-18(23)14-10-11-20-16(12-14)19(24)22-15-8-6-7-9-17(15)25-5-2/h6-13H,4-5H2,1-3H3,(H,21,23)(H,22,24). The van der Waals surface area contributed by atoms with Crippen LogP contribution in [0.2, 0.25) is 0 Å². The number of nitrogens with zero attached hydrogens (tertiary/aromatic N) is 1. The van der Waals surface area contributed by atoms with E-state index in [9.17, 15) is 9.59 Å². The summed E-state index contributed by atoms with van der Waals surface area (Å²) in [6, 6.07) is 10.3. The van der Waals surface area contributed by atoms with Crippen LogP contribution in [-0.4, -0.2) is 29.4 Å². The van der Waals surface area contributed by atoms with E-state index >= 15 is 0 Å². The molecule has 0 aliphatic heterocycles. The number of ether oxygens (including phenoxy) is 1. The van der Waals surface area contributed by atoms with E-state index < -0.39 is 5.91 Å². The molecule has 1 aromatic carbocycles. The number of anilines is 1. The van der Waals surface area contributed by atoms with Crippen LogP contribution >= 0.6 is 0 Å². The van der Waals surface area contributed by atoms with Gasteiger partial charge in [0, 0.05) is 17.8 Å². The maximum Gasteiger partial charge on any atom is 0.274 e. The first-order chi connectivity index (χ1) is 12.0. The third-order valence-electron chi connectivity index (χ3n) is 3.68. The molecule has 0 spiro atoms. The Hall–Kier alpha value is -2.89. The number of rotatable bonds is 7. The number of amides is 2. The second kappa shape index (κ2) is 8.82. The molecule has 0 aliphatic rings. The number of carbonyl (C=O) groups excluding carboxylic acids is 2. The summed E-state index contributed by atoms with van der Waals surface area (Å²) in [7, 11) is 0. The molecular weight excluding hydrogens is 318 g/mol. The zero-order valence-corrected chi connectivity index (χ0v) is 14.7. The lowest BCUT2D eigenvalue weighted by atomic mass is 10.2. The highest BCUT2D eigenvalue weighted by Gasteiger charge is 2.14. The van der Waals surface area contributed by atoms with E-state index in [2.05, 4.69) is 15.6 Å². The summed E-state index contributed by atoms with van der Waals surface area (Å²) in [5.41, 5.74) is 1.13. The SMILES string of the molecule is CCOc1ccccc1NC(=O)c1cc(C(=O)NC(C)CC)ccn1. The van der Waals surface area contributed by atoms with E-state index in [1.165, 1.54) is 12.3 Å². The van der Waals surface area contributed by atoms with E-state index in [1.807, 2.05) is 32.9 Å². The average Bonchev–Trinajstić information content (AvgIpc) is 2.63. The van der Waals surface area contributed by atoms with Crippen molar-refractivity contribution in [2.24, 2.45) is 0 Å². The summed E-state index contributed by atoms with van der Waals surface area (Å²) in [6.45, 7) is 6.29. The number of aromatic nitrogens is 1. The number of carbonyl (C=O) groups is 2. The molecule has 6 heteroatoms. The lowest BCUT2D eigenvalue weighted by Gasteiger charge is -2.12. The fourth-order valence-electron chi connectivity index (χ4n) is 2.14. The van der Waals surface area contributed by atoms with E-state index in [4.69, 9.17) is 4.74 Å². The molecule has 25 heavy (non-hydrogen) atoms. The Morgan fingerprint density at radius 1 is 1.16 bits per heavy atom. The van der Waals surface area contributed by atoms with Gasteiger partial charge in [0.25, 0.3) is 11.8 Å². The van der Waals surface area contributed by atoms with Crippen molar-refractivity contribution in [1.29, 1.82) is 0 Å². The molecule has 0 saturated heterocycles. The van der Waals surface area contributed by atoms with Crippen LogP contribution in [0.5, 0.6) is 5.75 Å². The minimum Gasteiger partial charge on any atom is -0.492 e. The van der Waals surface area contributed by atoms with Gasteiger partial charge in [-0.2, -0.15) is 0 Å². The van der Waals surface area contributed by atoms with E-state index in [-0.39, 0.29) is 17.6 Å². The van der Waals surface area contributed by atoms with Gasteiger partial charge < -0.3 is 15.4 Å². The van der Waals surface area contributed by atoms with Gasteiger partial charge in [0.05, 0.1) is 12.3 Å². The fourth-order valence-corrected chi connectivity index (χ4v) is 2.14. The largest absolute Gasteiger partial charge is 0.492 e. The van der Waals surface area contributed by atoms with Gasteiger partial charge >= 0.3 is 0 Å². The number of pyridine rings is 1. The summed E-state index contributed by atoms with van der Waals surface area (Å²) >= 11 is 0. The smallest absolute Gasteiger partial charge is 0.274 e. The van der Waals surface area contributed by atoms with Crippen molar-refractivity contribution in [3.05, 3.63) is 53.9 Å². The third kappa shape index (κ3) is 5.04. The normalized spacial score (nSPS) is 11.5. The number of para-hydroxylation sites is 2. The molecule has 132 valence electrons. The van der Waals surface area contributed by atoms with Gasteiger partial charge in [-0.3, -0.25) is 14.6 Å². The van der Waals surface area contributed by atoms with Gasteiger partial charge in [-0.15, -0.1) is 0 Å². The van der Waals surface area contributed by atoms with Crippen molar-refractivity contribution in [1.82, 2.24) is 10.3 Å². The Morgan fingerprint density at radius 3 is 2.64 bits per heavy atom. The molecule has 2 aromatic rings. The molecule has 1 atom stereocenters. The third-order valence-corrected chi connectivity index (χ3v) is 3.68. The molecule has 2 amide bonds. The predicted molar refractivity (Wildman–Crippen MR) is 97.0 cm³/mol. The molecule has 1 aromatic heterocycles. The first-order valence-corrected chi connectivity index (χ1v) is 8.35. The summed E-state index contributed by atoms with van der Waals surface area (Å²) in [5.74, 6) is -0.0325. The quantitative estimate of drug-likeness (QED) is 0.810. The highest BCUT2D eigenvalue weighted by atomic mass is 16.5. The Balaban J connectivity index is 2.15. The molecule has 2 N–H and O–H groups in total. The summed E-state index contributed by atoms with van der Waals surface area (Å²) in [4.78, 5) is 28.7. The first kappa shape index (κ1) is 18.4. The molecule has 0 aliphatic carbocycles. The van der Waals surface area contributed by atoms with Gasteiger partial charge in [0.2, 0.25) is 0 Å². The molecule has 0 saturated carbocycles. The van der Waals surface area contributed by atoms with E-state index in [0.29, 0.717) is 23.6 Å². The average molecular weight is 341 g/mol. The number of hydrogen-bond acceptors (Lipinski definition) is 4. The topological polar surface area (TPSA) is 80.3 Å². The molecule has 0 bridgehead atoms. The molecule has 1 heterocycles. The van der Waals surface area contributed by atoms with Crippen LogP contribution in [0.25, 0.3) is 0 Å². The molecule has 2 rings (SSSR count). The first-order valence-electron chi connectivity index (χ1n) is 8.35. The van der Waals surface area contributed by atoms with E-state index in [0.717, 1.165) is 6.42 Å². The second-order valence-corrected chi connectivity index (χ2v) is 5.60. The Kier molecular flexibility index (Phi) is 6.51. The maximum absolute atomic E-state index is 12.5. The van der Waals surface area contributed by atoms with Crippen molar-refractivity contribution in [3.8, 4) is 5.75 Å². The van der Waals surface area contributed by atoms with Crippen LogP contribution in [0.15, 0.2) is 42.6 Å². The Bertz CT molecular complexity index is 746. The minimum atomic E-state index is -0.398. The monoisotopic (exact) mass is 341 g/mol. The predicted octanol–water partition coefficient (Wildman–Crippen LogP) is 3.26. The van der Waals surface area contributed by atoms with Crippen LogP contribution in [-0.2, 0) is 0 Å². The van der Waals surface area contributed by atoms with Crippen molar-refractivity contribution in [2.45, 2.75) is 33.2 Å². The van der Waals surface area contributed by atoms with Crippen molar-refractivity contribution >= 4 is 17.5 Å². The molecule has 0 radical (unpaired) electrons.